The summed E-state index contributed by atoms with van der Waals surface area (Å²) in [6, 6.07) is 4.39. The fourth-order valence-corrected chi connectivity index (χ4v) is 1.47. The van der Waals surface area contributed by atoms with Crippen LogP contribution < -0.4 is 5.56 Å². The molecule has 0 unspecified atom stereocenters. The van der Waals surface area contributed by atoms with Gasteiger partial charge >= 0.3 is 0 Å². The predicted molar refractivity (Wildman–Crippen MR) is 61.9 cm³/mol. The molecule has 0 aromatic carbocycles. The maximum atomic E-state index is 12.0. The van der Waals surface area contributed by atoms with E-state index < -0.39 is 0 Å². The molecule has 0 aliphatic heterocycles. The van der Waals surface area contributed by atoms with Crippen LogP contribution in [0.25, 0.3) is 0 Å². The number of hydrogen-bond acceptors (Lipinski definition) is 5. The molecule has 0 atom stereocenters. The minimum Gasteiger partial charge on any atom is -0.361 e. The Labute approximate surface area is 102 Å². The first-order valence-electron chi connectivity index (χ1n) is 5.29. The Kier molecular flexibility index (Phi) is 3.22. The second-order valence-electron chi connectivity index (χ2n) is 3.90. The summed E-state index contributed by atoms with van der Waals surface area (Å²) in [6.07, 6.45) is 0. The van der Waals surface area contributed by atoms with E-state index in [-0.39, 0.29) is 17.2 Å². The van der Waals surface area contributed by atoms with Gasteiger partial charge in [0.2, 0.25) is 0 Å². The van der Waals surface area contributed by atoms with Crippen molar-refractivity contribution in [3.8, 4) is 0 Å². The number of nitrogens with zero attached hydrogens (tertiary/aromatic N) is 3. The van der Waals surface area contributed by atoms with E-state index in [4.69, 9.17) is 4.52 Å². The molecule has 18 heavy (non-hydrogen) atoms. The molecule has 1 N–H and O–H groups in total. The number of H-pyrrole nitrogens is 1. The molecule has 94 valence electrons. The van der Waals surface area contributed by atoms with Gasteiger partial charge in [0.25, 0.3) is 11.5 Å². The lowest BCUT2D eigenvalue weighted by Gasteiger charge is -2.14. The Morgan fingerprint density at radius 3 is 2.83 bits per heavy atom. The van der Waals surface area contributed by atoms with E-state index in [9.17, 15) is 9.59 Å². The summed E-state index contributed by atoms with van der Waals surface area (Å²) in [7, 11) is 1.62. The molecule has 0 aliphatic carbocycles. The van der Waals surface area contributed by atoms with Crippen LogP contribution in [-0.2, 0) is 6.54 Å². The van der Waals surface area contributed by atoms with Gasteiger partial charge in [-0.2, -0.15) is 5.10 Å². The van der Waals surface area contributed by atoms with Crippen molar-refractivity contribution in [3.63, 3.8) is 0 Å². The van der Waals surface area contributed by atoms with Gasteiger partial charge in [-0.1, -0.05) is 5.16 Å². The molecule has 0 saturated carbocycles. The normalized spacial score (nSPS) is 10.3. The highest BCUT2D eigenvalue weighted by molar-refractivity contribution is 5.91. The molecule has 7 nitrogen and oxygen atoms in total. The summed E-state index contributed by atoms with van der Waals surface area (Å²) in [6.45, 7) is 2.10. The molecule has 2 aromatic rings. The number of rotatable bonds is 3. The summed E-state index contributed by atoms with van der Waals surface area (Å²) in [5.41, 5.74) is 0.492. The Hall–Kier alpha value is -2.44. The molecule has 0 spiro atoms. The van der Waals surface area contributed by atoms with E-state index in [0.29, 0.717) is 18.0 Å². The summed E-state index contributed by atoms with van der Waals surface area (Å²) >= 11 is 0. The van der Waals surface area contributed by atoms with Crippen LogP contribution in [0.2, 0.25) is 0 Å². The monoisotopic (exact) mass is 248 g/mol. The van der Waals surface area contributed by atoms with Gasteiger partial charge in [0.05, 0.1) is 6.54 Å². The first-order chi connectivity index (χ1) is 8.56. The van der Waals surface area contributed by atoms with Crippen molar-refractivity contribution in [1.82, 2.24) is 20.3 Å². The van der Waals surface area contributed by atoms with Crippen molar-refractivity contribution in [1.29, 1.82) is 0 Å². The largest absolute Gasteiger partial charge is 0.361 e. The fourth-order valence-electron chi connectivity index (χ4n) is 1.47. The topological polar surface area (TPSA) is 92.1 Å². The summed E-state index contributed by atoms with van der Waals surface area (Å²) in [5.74, 6) is 0.389. The maximum absolute atomic E-state index is 12.0. The third-order valence-electron chi connectivity index (χ3n) is 2.32. The number of carbonyl (C=O) groups is 1. The van der Waals surface area contributed by atoms with E-state index in [1.807, 2.05) is 0 Å². The zero-order valence-electron chi connectivity index (χ0n) is 10.0. The number of hydrogen-bond donors (Lipinski definition) is 1. The number of carbonyl (C=O) groups excluding carboxylic acids is 1. The number of nitrogens with one attached hydrogen (secondary N) is 1. The second kappa shape index (κ2) is 4.82. The highest BCUT2D eigenvalue weighted by Gasteiger charge is 2.15. The van der Waals surface area contributed by atoms with Gasteiger partial charge in [-0.15, -0.1) is 0 Å². The minimum absolute atomic E-state index is 0.178. The van der Waals surface area contributed by atoms with Gasteiger partial charge in [0, 0.05) is 19.2 Å². The number of aryl methyl sites for hydroxylation is 1. The minimum atomic E-state index is -0.346. The van der Waals surface area contributed by atoms with Crippen molar-refractivity contribution < 1.29 is 9.32 Å². The average Bonchev–Trinajstić information content (AvgIpc) is 2.75. The molecule has 0 bridgehead atoms. The average molecular weight is 248 g/mol. The van der Waals surface area contributed by atoms with Crippen molar-refractivity contribution in [3.05, 3.63) is 45.7 Å². The van der Waals surface area contributed by atoms with Crippen LogP contribution in [0.15, 0.2) is 27.5 Å². The molecule has 0 fully saturated rings. The van der Waals surface area contributed by atoms with Crippen LogP contribution in [0.1, 0.15) is 21.9 Å². The summed E-state index contributed by atoms with van der Waals surface area (Å²) in [4.78, 5) is 24.2. The van der Waals surface area contributed by atoms with Gasteiger partial charge in [-0.3, -0.25) is 9.59 Å². The smallest absolute Gasteiger partial charge is 0.274 e. The van der Waals surface area contributed by atoms with E-state index in [1.54, 1.807) is 20.0 Å². The fraction of sp³-hybridized carbons (Fsp3) is 0.273. The molecule has 7 heteroatoms. The highest BCUT2D eigenvalue weighted by atomic mass is 16.5. The number of aromatic nitrogens is 3. The predicted octanol–water partition coefficient (Wildman–Crippen LogP) is 0.339. The van der Waals surface area contributed by atoms with Gasteiger partial charge in [-0.25, -0.2) is 5.10 Å². The van der Waals surface area contributed by atoms with E-state index in [1.165, 1.54) is 17.0 Å². The van der Waals surface area contributed by atoms with Crippen molar-refractivity contribution in [2.45, 2.75) is 13.5 Å². The zero-order valence-corrected chi connectivity index (χ0v) is 10.0. The van der Waals surface area contributed by atoms with E-state index >= 15 is 0 Å². The van der Waals surface area contributed by atoms with Gasteiger partial charge in [0.15, 0.2) is 0 Å². The Morgan fingerprint density at radius 1 is 1.50 bits per heavy atom. The molecule has 1 amide bonds. The lowest BCUT2D eigenvalue weighted by molar-refractivity contribution is 0.0775. The SMILES string of the molecule is Cc1cc(CN(C)C(=O)c2ccc(=O)[nH]n2)no1. The molecule has 2 heterocycles. The lowest BCUT2D eigenvalue weighted by Crippen LogP contribution is -2.28. The van der Waals surface area contributed by atoms with Crippen LogP contribution in [0.4, 0.5) is 0 Å². The molecule has 2 aromatic heterocycles. The Bertz CT molecular complexity index is 596. The Morgan fingerprint density at radius 2 is 2.28 bits per heavy atom. The Balaban J connectivity index is 2.09. The highest BCUT2D eigenvalue weighted by Crippen LogP contribution is 2.06. The third-order valence-corrected chi connectivity index (χ3v) is 2.32. The lowest BCUT2D eigenvalue weighted by atomic mass is 10.3. The quantitative estimate of drug-likeness (QED) is 0.845. The maximum Gasteiger partial charge on any atom is 0.274 e. The molecule has 0 aliphatic rings. The molecule has 2 rings (SSSR count). The molecular weight excluding hydrogens is 236 g/mol. The first kappa shape index (κ1) is 12.0. The van der Waals surface area contributed by atoms with Crippen LogP contribution >= 0.6 is 0 Å². The van der Waals surface area contributed by atoms with Crippen molar-refractivity contribution in [2.75, 3.05) is 7.05 Å². The van der Waals surface area contributed by atoms with Gasteiger partial charge in [0.1, 0.15) is 17.1 Å². The summed E-state index contributed by atoms with van der Waals surface area (Å²) in [5, 5.41) is 9.69. The molecule has 0 saturated heterocycles. The van der Waals surface area contributed by atoms with Crippen molar-refractivity contribution in [2.24, 2.45) is 0 Å². The second-order valence-corrected chi connectivity index (χ2v) is 3.90. The zero-order chi connectivity index (χ0) is 13.1. The van der Waals surface area contributed by atoms with E-state index in [0.717, 1.165) is 0 Å². The van der Waals surface area contributed by atoms with Crippen LogP contribution in [0.3, 0.4) is 0 Å². The first-order valence-corrected chi connectivity index (χ1v) is 5.29. The third kappa shape index (κ3) is 2.62. The molecule has 0 radical (unpaired) electrons. The standard InChI is InChI=1S/C11H12N4O3/c1-7-5-8(14-18-7)6-15(2)11(17)9-3-4-10(16)13-12-9/h3-5H,6H2,1-2H3,(H,13,16). The van der Waals surface area contributed by atoms with Crippen LogP contribution in [-0.4, -0.2) is 33.2 Å². The van der Waals surface area contributed by atoms with Gasteiger partial charge < -0.3 is 9.42 Å². The van der Waals surface area contributed by atoms with Crippen LogP contribution in [0.5, 0.6) is 0 Å². The van der Waals surface area contributed by atoms with E-state index in [2.05, 4.69) is 15.4 Å². The van der Waals surface area contributed by atoms with Crippen molar-refractivity contribution >= 4 is 5.91 Å². The van der Waals surface area contributed by atoms with Crippen LogP contribution in [0, 0.1) is 6.92 Å². The van der Waals surface area contributed by atoms with Gasteiger partial charge in [-0.05, 0) is 13.0 Å². The number of aromatic amines is 1. The summed E-state index contributed by atoms with van der Waals surface area (Å²) < 4.78 is 4.92. The molecular formula is C11H12N4O3. The number of amides is 1.